The zero-order valence-electron chi connectivity index (χ0n) is 7.63. The van der Waals surface area contributed by atoms with E-state index < -0.39 is 39.1 Å². The minimum absolute atomic E-state index is 0.272. The highest BCUT2D eigenvalue weighted by atomic mass is 79.9. The molecule has 0 aliphatic carbocycles. The molecule has 0 aromatic carbocycles. The van der Waals surface area contributed by atoms with Crippen LogP contribution in [-0.2, 0) is 6.18 Å². The molecule has 0 unspecified atom stereocenters. The molecule has 0 fully saturated rings. The van der Waals surface area contributed by atoms with Crippen molar-refractivity contribution in [2.45, 2.75) is 12.6 Å². The lowest BCUT2D eigenvalue weighted by atomic mass is 10.2. The molecule has 1 aromatic heterocycles. The summed E-state index contributed by atoms with van der Waals surface area (Å²) in [4.78, 5) is 11.6. The van der Waals surface area contributed by atoms with Crippen molar-refractivity contribution in [2.24, 2.45) is 0 Å². The van der Waals surface area contributed by atoms with Crippen LogP contribution in [0.5, 0.6) is 0 Å². The van der Waals surface area contributed by atoms with Gasteiger partial charge in [0.05, 0.1) is 0 Å². The second-order valence-electron chi connectivity index (χ2n) is 2.78. The molecule has 0 atom stereocenters. The lowest BCUT2D eigenvalue weighted by molar-refractivity contribution is -0.391. The Kier molecular flexibility index (Phi) is 3.65. The summed E-state index contributed by atoms with van der Waals surface area (Å²) in [5, 5.41) is 10.4. The van der Waals surface area contributed by atoms with Gasteiger partial charge in [-0.1, -0.05) is 0 Å². The third-order valence-corrected chi connectivity index (χ3v) is 2.33. The van der Waals surface area contributed by atoms with Crippen molar-refractivity contribution >= 4 is 21.7 Å². The Hall–Kier alpha value is -1.32. The van der Waals surface area contributed by atoms with Gasteiger partial charge < -0.3 is 10.1 Å². The second-order valence-corrected chi connectivity index (χ2v) is 3.64. The van der Waals surface area contributed by atoms with Crippen LogP contribution in [0.4, 0.5) is 27.8 Å². The summed E-state index contributed by atoms with van der Waals surface area (Å²) >= 11 is 2.43. The Bertz CT molecular complexity index is 462. The van der Waals surface area contributed by atoms with Gasteiger partial charge in [0.25, 0.3) is 12.1 Å². The average Bonchev–Trinajstić information content (AvgIpc) is 2.13. The smallest absolute Gasteiger partial charge is 0.358 e. The number of nitrogens with zero attached hydrogens (tertiary/aromatic N) is 2. The van der Waals surface area contributed by atoms with Crippen LogP contribution in [0.2, 0.25) is 0 Å². The van der Waals surface area contributed by atoms with Crippen LogP contribution in [0.3, 0.4) is 0 Å². The topological polar surface area (TPSA) is 56.0 Å². The van der Waals surface area contributed by atoms with Crippen LogP contribution in [-0.4, -0.2) is 9.91 Å². The number of pyridine rings is 1. The minimum atomic E-state index is -4.95. The number of hydrogen-bond acceptors (Lipinski definition) is 3. The van der Waals surface area contributed by atoms with E-state index >= 15 is 0 Å². The number of rotatable bonds is 2. The van der Waals surface area contributed by atoms with Gasteiger partial charge in [-0.3, -0.25) is 0 Å². The highest BCUT2D eigenvalue weighted by Crippen LogP contribution is 2.38. The summed E-state index contributed by atoms with van der Waals surface area (Å²) in [5.74, 6) is -1.51. The molecule has 1 heterocycles. The average molecular weight is 321 g/mol. The molecule has 0 radical (unpaired) electrons. The van der Waals surface area contributed by atoms with Crippen molar-refractivity contribution in [3.8, 4) is 0 Å². The van der Waals surface area contributed by atoms with E-state index in [1.807, 2.05) is 0 Å². The van der Waals surface area contributed by atoms with Crippen LogP contribution in [0, 0.1) is 10.1 Å². The first-order chi connectivity index (χ1) is 7.64. The molecule has 0 saturated carbocycles. The first kappa shape index (κ1) is 13.7. The molecular weight excluding hydrogens is 319 g/mol. The van der Waals surface area contributed by atoms with E-state index in [1.54, 1.807) is 0 Å². The van der Waals surface area contributed by atoms with Crippen LogP contribution in [0.15, 0.2) is 10.5 Å². The molecule has 94 valence electrons. The number of alkyl halides is 5. The molecule has 1 rings (SSSR count). The van der Waals surface area contributed by atoms with E-state index in [4.69, 9.17) is 0 Å². The van der Waals surface area contributed by atoms with E-state index in [-0.39, 0.29) is 6.07 Å². The first-order valence-corrected chi connectivity index (χ1v) is 4.64. The standard InChI is InChI=1S/C7H2BrF5N2O2/c8-2-1-3(7(11,12)13)14-6(15(16)17)4(2)5(9)10/h1,5H. The fraction of sp³-hybridized carbons (Fsp3) is 0.286. The Morgan fingerprint density at radius 2 is 1.94 bits per heavy atom. The highest BCUT2D eigenvalue weighted by molar-refractivity contribution is 9.10. The molecule has 1 aromatic rings. The largest absolute Gasteiger partial charge is 0.458 e. The summed E-state index contributed by atoms with van der Waals surface area (Å²) in [7, 11) is 0. The number of hydrogen-bond donors (Lipinski definition) is 0. The van der Waals surface area contributed by atoms with Crippen molar-refractivity contribution in [1.29, 1.82) is 0 Å². The Morgan fingerprint density at radius 1 is 1.41 bits per heavy atom. The summed E-state index contributed by atoms with van der Waals surface area (Å²) in [6, 6.07) is 0.272. The van der Waals surface area contributed by atoms with E-state index in [9.17, 15) is 32.1 Å². The third kappa shape index (κ3) is 2.87. The van der Waals surface area contributed by atoms with Crippen LogP contribution >= 0.6 is 15.9 Å². The van der Waals surface area contributed by atoms with E-state index in [2.05, 4.69) is 20.9 Å². The quantitative estimate of drug-likeness (QED) is 0.474. The van der Waals surface area contributed by atoms with Gasteiger partial charge in [-0.25, -0.2) is 8.78 Å². The number of halogens is 6. The van der Waals surface area contributed by atoms with Gasteiger partial charge in [0.15, 0.2) is 0 Å². The lowest BCUT2D eigenvalue weighted by Gasteiger charge is -2.07. The zero-order valence-corrected chi connectivity index (χ0v) is 9.22. The van der Waals surface area contributed by atoms with Gasteiger partial charge in [0.1, 0.15) is 5.56 Å². The molecule has 0 saturated heterocycles. The van der Waals surface area contributed by atoms with E-state index in [1.165, 1.54) is 0 Å². The van der Waals surface area contributed by atoms with Crippen LogP contribution in [0.1, 0.15) is 17.7 Å². The molecule has 0 spiro atoms. The fourth-order valence-electron chi connectivity index (χ4n) is 0.997. The zero-order chi connectivity index (χ0) is 13.4. The maximum atomic E-state index is 12.4. The van der Waals surface area contributed by atoms with Gasteiger partial charge in [0.2, 0.25) is 0 Å². The summed E-state index contributed by atoms with van der Waals surface area (Å²) in [6.07, 6.45) is -8.26. The molecule has 10 heteroatoms. The maximum absolute atomic E-state index is 12.4. The predicted molar refractivity (Wildman–Crippen MR) is 48.6 cm³/mol. The van der Waals surface area contributed by atoms with Crippen LogP contribution < -0.4 is 0 Å². The SMILES string of the molecule is O=[N+]([O-])c1nc(C(F)(F)F)cc(Br)c1C(F)F. The molecular formula is C7H2BrF5N2O2. The monoisotopic (exact) mass is 320 g/mol. The normalized spacial score (nSPS) is 11.9. The number of aromatic nitrogens is 1. The second kappa shape index (κ2) is 4.51. The molecule has 0 bridgehead atoms. The first-order valence-electron chi connectivity index (χ1n) is 3.84. The van der Waals surface area contributed by atoms with E-state index in [0.29, 0.717) is 0 Å². The van der Waals surface area contributed by atoms with Gasteiger partial charge in [-0.2, -0.15) is 13.2 Å². The highest BCUT2D eigenvalue weighted by Gasteiger charge is 2.41. The van der Waals surface area contributed by atoms with Crippen molar-refractivity contribution in [2.75, 3.05) is 0 Å². The van der Waals surface area contributed by atoms with Crippen LogP contribution in [0.25, 0.3) is 0 Å². The Balaban J connectivity index is 3.53. The molecule has 0 aliphatic rings. The van der Waals surface area contributed by atoms with E-state index in [0.717, 1.165) is 0 Å². The van der Waals surface area contributed by atoms with Crippen molar-refractivity contribution in [1.82, 2.24) is 4.98 Å². The minimum Gasteiger partial charge on any atom is -0.358 e. The van der Waals surface area contributed by atoms with Crippen molar-refractivity contribution < 1.29 is 26.9 Å². The molecule has 0 amide bonds. The molecule has 4 nitrogen and oxygen atoms in total. The Morgan fingerprint density at radius 3 is 2.29 bits per heavy atom. The summed E-state index contributed by atoms with van der Waals surface area (Å²) in [6.45, 7) is 0. The van der Waals surface area contributed by atoms with Gasteiger partial charge in [-0.15, -0.1) is 0 Å². The predicted octanol–water partition coefficient (Wildman–Crippen LogP) is 3.71. The van der Waals surface area contributed by atoms with Crippen molar-refractivity contribution in [3.63, 3.8) is 0 Å². The maximum Gasteiger partial charge on any atom is 0.458 e. The summed E-state index contributed by atoms with van der Waals surface area (Å²) in [5.41, 5.74) is -2.79. The van der Waals surface area contributed by atoms with Gasteiger partial charge in [-0.05, 0) is 25.8 Å². The third-order valence-electron chi connectivity index (χ3n) is 1.67. The molecule has 0 N–H and O–H groups in total. The fourth-order valence-corrected chi connectivity index (χ4v) is 1.56. The summed E-state index contributed by atoms with van der Waals surface area (Å²) < 4.78 is 60.9. The molecule has 17 heavy (non-hydrogen) atoms. The van der Waals surface area contributed by atoms with Gasteiger partial charge in [0, 0.05) is 10.5 Å². The number of nitro groups is 1. The van der Waals surface area contributed by atoms with Gasteiger partial charge >= 0.3 is 12.0 Å². The Labute approximate surface area is 98.7 Å². The molecule has 0 aliphatic heterocycles. The lowest BCUT2D eigenvalue weighted by Crippen LogP contribution is -2.11. The van der Waals surface area contributed by atoms with Crippen molar-refractivity contribution in [3.05, 3.63) is 31.9 Å².